The summed E-state index contributed by atoms with van der Waals surface area (Å²) in [5.74, 6) is 0. The van der Waals surface area contributed by atoms with Gasteiger partial charge in [-0.15, -0.1) is 11.3 Å². The van der Waals surface area contributed by atoms with Crippen LogP contribution in [0.4, 0.5) is 5.69 Å². The number of nitrogens with zero attached hydrogens (tertiary/aromatic N) is 1. The van der Waals surface area contributed by atoms with E-state index in [9.17, 15) is 0 Å². The Labute approximate surface area is 122 Å². The number of nitrogens with two attached hydrogens (primary N) is 1. The van der Waals surface area contributed by atoms with Gasteiger partial charge in [-0.3, -0.25) is 0 Å². The van der Waals surface area contributed by atoms with Crippen molar-refractivity contribution < 1.29 is 0 Å². The Kier molecular flexibility index (Phi) is 4.17. The van der Waals surface area contributed by atoms with E-state index in [1.165, 1.54) is 4.88 Å². The molecule has 1 aromatic heterocycles. The fraction of sp³-hybridized carbons (Fsp3) is 0.286. The van der Waals surface area contributed by atoms with Crippen molar-refractivity contribution in [2.75, 3.05) is 5.32 Å². The number of thiazole rings is 1. The number of aromatic nitrogens is 1. The molecular formula is C14H17N3S2. The highest BCUT2D eigenvalue weighted by atomic mass is 32.1. The molecule has 3 N–H and O–H groups in total. The number of aryl methyl sites for hydroxylation is 2. The standard InChI is InChI=1S/C14H17N3S2/c1-8-13(19-10(3)16-8)9(2)17-12-7-5-4-6-11(12)14(15)18/h4-7,9,17H,1-3H3,(H2,15,18). The normalized spacial score (nSPS) is 12.2. The predicted octanol–water partition coefficient (Wildman–Crippen LogP) is 3.57. The molecule has 1 atom stereocenters. The minimum Gasteiger partial charge on any atom is -0.389 e. The quantitative estimate of drug-likeness (QED) is 0.846. The van der Waals surface area contributed by atoms with Crippen LogP contribution >= 0.6 is 23.6 Å². The average molecular weight is 291 g/mol. The van der Waals surface area contributed by atoms with Crippen molar-refractivity contribution in [1.29, 1.82) is 0 Å². The number of nitrogens with one attached hydrogen (secondary N) is 1. The van der Waals surface area contributed by atoms with E-state index >= 15 is 0 Å². The fourth-order valence-corrected chi connectivity index (χ4v) is 3.18. The SMILES string of the molecule is Cc1nc(C)c(C(C)Nc2ccccc2C(N)=S)s1. The molecule has 0 amide bonds. The molecule has 100 valence electrons. The van der Waals surface area contributed by atoms with E-state index < -0.39 is 0 Å². The Morgan fingerprint density at radius 3 is 2.63 bits per heavy atom. The van der Waals surface area contributed by atoms with Crippen molar-refractivity contribution >= 4 is 34.2 Å². The molecule has 3 nitrogen and oxygen atoms in total. The maximum atomic E-state index is 5.74. The first-order valence-corrected chi connectivity index (χ1v) is 7.31. The van der Waals surface area contributed by atoms with Gasteiger partial charge in [0.15, 0.2) is 0 Å². The zero-order valence-electron chi connectivity index (χ0n) is 11.2. The third-order valence-electron chi connectivity index (χ3n) is 2.90. The first kappa shape index (κ1) is 14.0. The number of rotatable bonds is 4. The highest BCUT2D eigenvalue weighted by Gasteiger charge is 2.14. The van der Waals surface area contributed by atoms with Crippen molar-refractivity contribution in [3.8, 4) is 0 Å². The van der Waals surface area contributed by atoms with Gasteiger partial charge in [-0.25, -0.2) is 4.98 Å². The molecule has 0 saturated heterocycles. The molecule has 0 aliphatic carbocycles. The molecule has 0 bridgehead atoms. The predicted molar refractivity (Wildman–Crippen MR) is 86.0 cm³/mol. The molecule has 0 aliphatic rings. The maximum absolute atomic E-state index is 5.74. The summed E-state index contributed by atoms with van der Waals surface area (Å²) in [5, 5.41) is 4.55. The molecular weight excluding hydrogens is 274 g/mol. The molecule has 0 spiro atoms. The summed E-state index contributed by atoms with van der Waals surface area (Å²) in [4.78, 5) is 6.11. The Morgan fingerprint density at radius 1 is 1.37 bits per heavy atom. The molecule has 0 fully saturated rings. The van der Waals surface area contributed by atoms with Crippen molar-refractivity contribution in [3.05, 3.63) is 45.4 Å². The molecule has 2 aromatic rings. The Morgan fingerprint density at radius 2 is 2.05 bits per heavy atom. The second-order valence-corrected chi connectivity index (χ2v) is 6.13. The molecule has 0 radical (unpaired) electrons. The first-order chi connectivity index (χ1) is 8.99. The molecule has 1 aromatic carbocycles. The lowest BCUT2D eigenvalue weighted by molar-refractivity contribution is 0.889. The van der Waals surface area contributed by atoms with Crippen LogP contribution in [0.25, 0.3) is 0 Å². The lowest BCUT2D eigenvalue weighted by Gasteiger charge is -2.17. The van der Waals surface area contributed by atoms with E-state index in [4.69, 9.17) is 18.0 Å². The molecule has 19 heavy (non-hydrogen) atoms. The topological polar surface area (TPSA) is 50.9 Å². The second kappa shape index (κ2) is 5.67. The van der Waals surface area contributed by atoms with Gasteiger partial charge in [0, 0.05) is 16.1 Å². The molecule has 1 unspecified atom stereocenters. The smallest absolute Gasteiger partial charge is 0.106 e. The van der Waals surface area contributed by atoms with E-state index in [0.29, 0.717) is 4.99 Å². The third kappa shape index (κ3) is 3.11. The number of benzene rings is 1. The largest absolute Gasteiger partial charge is 0.389 e. The molecule has 5 heteroatoms. The van der Waals surface area contributed by atoms with Gasteiger partial charge >= 0.3 is 0 Å². The van der Waals surface area contributed by atoms with E-state index in [0.717, 1.165) is 22.0 Å². The fourth-order valence-electron chi connectivity index (χ4n) is 2.07. The third-order valence-corrected chi connectivity index (χ3v) is 4.37. The second-order valence-electron chi connectivity index (χ2n) is 4.46. The zero-order valence-corrected chi connectivity index (χ0v) is 12.9. The summed E-state index contributed by atoms with van der Waals surface area (Å²) in [7, 11) is 0. The Bertz CT molecular complexity index is 604. The molecule has 1 heterocycles. The summed E-state index contributed by atoms with van der Waals surface area (Å²) in [6.07, 6.45) is 0. The Hall–Kier alpha value is -1.46. The van der Waals surface area contributed by atoms with Crippen molar-refractivity contribution in [1.82, 2.24) is 4.98 Å². The van der Waals surface area contributed by atoms with Gasteiger partial charge in [0.05, 0.1) is 16.7 Å². The van der Waals surface area contributed by atoms with Gasteiger partial charge in [-0.05, 0) is 32.9 Å². The highest BCUT2D eigenvalue weighted by Crippen LogP contribution is 2.28. The average Bonchev–Trinajstić information content (AvgIpc) is 2.69. The van der Waals surface area contributed by atoms with Crippen LogP contribution in [0.1, 0.15) is 34.1 Å². The van der Waals surface area contributed by atoms with Crippen molar-refractivity contribution in [2.45, 2.75) is 26.8 Å². The van der Waals surface area contributed by atoms with Crippen LogP contribution in [0.3, 0.4) is 0 Å². The van der Waals surface area contributed by atoms with E-state index in [1.54, 1.807) is 11.3 Å². The van der Waals surface area contributed by atoms with Crippen LogP contribution in [-0.4, -0.2) is 9.97 Å². The number of hydrogen-bond donors (Lipinski definition) is 2. The lowest BCUT2D eigenvalue weighted by Crippen LogP contribution is -2.14. The van der Waals surface area contributed by atoms with Gasteiger partial charge in [-0.1, -0.05) is 24.4 Å². The highest BCUT2D eigenvalue weighted by molar-refractivity contribution is 7.80. The zero-order chi connectivity index (χ0) is 14.0. The molecule has 0 saturated carbocycles. The van der Waals surface area contributed by atoms with E-state index in [-0.39, 0.29) is 6.04 Å². The molecule has 2 rings (SSSR count). The van der Waals surface area contributed by atoms with Gasteiger partial charge in [0.2, 0.25) is 0 Å². The molecule has 0 aliphatic heterocycles. The van der Waals surface area contributed by atoms with E-state index in [2.05, 4.69) is 17.2 Å². The minimum atomic E-state index is 0.182. The van der Waals surface area contributed by atoms with E-state index in [1.807, 2.05) is 38.1 Å². The van der Waals surface area contributed by atoms with Gasteiger partial charge in [0.25, 0.3) is 0 Å². The monoisotopic (exact) mass is 291 g/mol. The van der Waals surface area contributed by atoms with Crippen molar-refractivity contribution in [3.63, 3.8) is 0 Å². The van der Waals surface area contributed by atoms with Crippen LogP contribution in [-0.2, 0) is 0 Å². The maximum Gasteiger partial charge on any atom is 0.106 e. The summed E-state index contributed by atoms with van der Waals surface area (Å²) in [6.45, 7) is 6.18. The van der Waals surface area contributed by atoms with Gasteiger partial charge < -0.3 is 11.1 Å². The summed E-state index contributed by atoms with van der Waals surface area (Å²) < 4.78 is 0. The van der Waals surface area contributed by atoms with Gasteiger partial charge in [-0.2, -0.15) is 0 Å². The summed E-state index contributed by atoms with van der Waals surface area (Å²) in [6, 6.07) is 8.02. The van der Waals surface area contributed by atoms with Crippen LogP contribution in [0.5, 0.6) is 0 Å². The summed E-state index contributed by atoms with van der Waals surface area (Å²) in [5.41, 5.74) is 8.67. The number of anilines is 1. The first-order valence-electron chi connectivity index (χ1n) is 6.08. The van der Waals surface area contributed by atoms with Crippen LogP contribution in [0.2, 0.25) is 0 Å². The number of hydrogen-bond acceptors (Lipinski definition) is 4. The van der Waals surface area contributed by atoms with Crippen molar-refractivity contribution in [2.24, 2.45) is 5.73 Å². The number of thiocarbonyl (C=S) groups is 1. The Balaban J connectivity index is 2.26. The lowest BCUT2D eigenvalue weighted by atomic mass is 10.1. The number of para-hydroxylation sites is 1. The van der Waals surface area contributed by atoms with Gasteiger partial charge in [0.1, 0.15) is 4.99 Å². The summed E-state index contributed by atoms with van der Waals surface area (Å²) >= 11 is 6.80. The minimum absolute atomic E-state index is 0.182. The van der Waals surface area contributed by atoms with Crippen LogP contribution in [0.15, 0.2) is 24.3 Å². The van der Waals surface area contributed by atoms with Crippen LogP contribution in [0, 0.1) is 13.8 Å². The van der Waals surface area contributed by atoms with Crippen LogP contribution < -0.4 is 11.1 Å².